The van der Waals surface area contributed by atoms with E-state index >= 15 is 0 Å². The lowest BCUT2D eigenvalue weighted by Crippen LogP contribution is -2.46. The van der Waals surface area contributed by atoms with Gasteiger partial charge in [0.25, 0.3) is 5.91 Å². The molecule has 0 radical (unpaired) electrons. The van der Waals surface area contributed by atoms with Crippen LogP contribution in [0.1, 0.15) is 18.4 Å². The van der Waals surface area contributed by atoms with Gasteiger partial charge in [-0.1, -0.05) is 48.5 Å². The van der Waals surface area contributed by atoms with Gasteiger partial charge in [0.15, 0.2) is 0 Å². The summed E-state index contributed by atoms with van der Waals surface area (Å²) in [6, 6.07) is 20.0. The van der Waals surface area contributed by atoms with Gasteiger partial charge in [0.2, 0.25) is 5.96 Å². The van der Waals surface area contributed by atoms with Crippen molar-refractivity contribution in [3.05, 3.63) is 78.6 Å². The van der Waals surface area contributed by atoms with Crippen LogP contribution in [0.3, 0.4) is 0 Å². The van der Waals surface area contributed by atoms with E-state index in [0.717, 1.165) is 41.9 Å². The SMILES string of the molecule is CN1C(n2nccc2-c2ccccc2)=NC=C(C(=O)N2CCC[C@@H](N)C2)c2ccccc21.Cl. The fraction of sp³-hybridized carbons (Fsp3) is 0.240. The molecule has 3 heterocycles. The lowest BCUT2D eigenvalue weighted by atomic mass is 10.0. The number of piperidine rings is 1. The van der Waals surface area contributed by atoms with Gasteiger partial charge in [-0.25, -0.2) is 4.99 Å². The molecule has 3 aromatic rings. The molecule has 1 fully saturated rings. The highest BCUT2D eigenvalue weighted by Crippen LogP contribution is 2.32. The van der Waals surface area contributed by atoms with Crippen LogP contribution in [0.25, 0.3) is 16.8 Å². The number of hydrogen-bond donors (Lipinski definition) is 1. The summed E-state index contributed by atoms with van der Waals surface area (Å²) in [6.45, 7) is 1.29. The van der Waals surface area contributed by atoms with Crippen molar-refractivity contribution in [2.45, 2.75) is 18.9 Å². The van der Waals surface area contributed by atoms with Gasteiger partial charge in [0.1, 0.15) is 0 Å². The Morgan fingerprint density at radius 3 is 2.61 bits per heavy atom. The van der Waals surface area contributed by atoms with E-state index in [9.17, 15) is 4.79 Å². The Kier molecular flexibility index (Phi) is 6.62. The van der Waals surface area contributed by atoms with Crippen molar-refractivity contribution in [3.8, 4) is 11.3 Å². The van der Waals surface area contributed by atoms with E-state index in [1.54, 1.807) is 12.4 Å². The zero-order chi connectivity index (χ0) is 22.1. The van der Waals surface area contributed by atoms with Crippen molar-refractivity contribution in [1.29, 1.82) is 0 Å². The molecular weight excluding hydrogens is 436 g/mol. The average Bonchev–Trinajstić information content (AvgIpc) is 3.26. The number of amides is 1. The Bertz CT molecular complexity index is 1200. The number of aromatic nitrogens is 2. The van der Waals surface area contributed by atoms with Gasteiger partial charge >= 0.3 is 0 Å². The standard InChI is InChI=1S/C25H26N6O.ClH/c1-29-23-12-6-5-11-20(23)21(24(32)30-15-7-10-19(26)17-30)16-27-25(29)31-22(13-14-28-31)18-8-3-2-4-9-18;/h2-6,8-9,11-14,16,19H,7,10,15,17,26H2,1H3;1H/t19-;/m1./s1. The number of rotatable bonds is 2. The number of hydrogen-bond acceptors (Lipinski definition) is 5. The van der Waals surface area contributed by atoms with Crippen LogP contribution in [0, 0.1) is 0 Å². The molecule has 0 spiro atoms. The maximum Gasteiger partial charge on any atom is 0.256 e. The van der Waals surface area contributed by atoms with Crippen LogP contribution >= 0.6 is 12.4 Å². The third-order valence-electron chi connectivity index (χ3n) is 6.04. The molecule has 1 atom stereocenters. The van der Waals surface area contributed by atoms with Gasteiger partial charge < -0.3 is 15.5 Å². The summed E-state index contributed by atoms with van der Waals surface area (Å²) >= 11 is 0. The first kappa shape index (κ1) is 22.8. The van der Waals surface area contributed by atoms with Crippen LogP contribution in [-0.2, 0) is 4.79 Å². The van der Waals surface area contributed by atoms with E-state index < -0.39 is 0 Å². The first-order valence-electron chi connectivity index (χ1n) is 10.9. The molecule has 0 saturated carbocycles. The molecule has 2 aromatic carbocycles. The van der Waals surface area contributed by atoms with E-state index in [1.807, 2.05) is 82.2 Å². The molecule has 0 unspecified atom stereocenters. The van der Waals surface area contributed by atoms with Crippen LogP contribution < -0.4 is 10.6 Å². The number of likely N-dealkylation sites (tertiary alicyclic amines) is 1. The van der Waals surface area contributed by atoms with Crippen molar-refractivity contribution in [2.24, 2.45) is 10.7 Å². The number of benzene rings is 2. The number of fused-ring (bicyclic) bond motifs is 1. The maximum atomic E-state index is 13.5. The number of anilines is 1. The number of para-hydroxylation sites is 1. The molecule has 33 heavy (non-hydrogen) atoms. The van der Waals surface area contributed by atoms with E-state index in [1.165, 1.54) is 0 Å². The Balaban J connectivity index is 0.00000259. The molecule has 0 aliphatic carbocycles. The number of halogens is 1. The van der Waals surface area contributed by atoms with E-state index in [2.05, 4.69) is 5.10 Å². The number of nitrogens with two attached hydrogens (primary N) is 1. The minimum absolute atomic E-state index is 0. The predicted molar refractivity (Wildman–Crippen MR) is 134 cm³/mol. The summed E-state index contributed by atoms with van der Waals surface area (Å²) in [5.74, 6) is 0.592. The highest BCUT2D eigenvalue weighted by molar-refractivity contribution is 6.22. The van der Waals surface area contributed by atoms with Gasteiger partial charge in [0.05, 0.1) is 23.2 Å². The number of nitrogens with zero attached hydrogens (tertiary/aromatic N) is 5. The van der Waals surface area contributed by atoms with Crippen LogP contribution in [-0.4, -0.2) is 52.7 Å². The second-order valence-corrected chi connectivity index (χ2v) is 8.20. The second kappa shape index (κ2) is 9.60. The summed E-state index contributed by atoms with van der Waals surface area (Å²) < 4.78 is 1.81. The minimum atomic E-state index is -0.0326. The van der Waals surface area contributed by atoms with E-state index in [4.69, 9.17) is 10.7 Å². The fourth-order valence-electron chi connectivity index (χ4n) is 4.40. The Hall–Kier alpha value is -3.42. The molecule has 2 N–H and O–H groups in total. The largest absolute Gasteiger partial charge is 0.337 e. The monoisotopic (exact) mass is 462 g/mol. The van der Waals surface area contributed by atoms with Crippen LogP contribution in [0.15, 0.2) is 78.1 Å². The molecule has 8 heteroatoms. The second-order valence-electron chi connectivity index (χ2n) is 8.20. The molecule has 7 nitrogen and oxygen atoms in total. The van der Waals surface area contributed by atoms with Gasteiger partial charge in [-0.3, -0.25) is 4.79 Å². The highest BCUT2D eigenvalue weighted by Gasteiger charge is 2.29. The molecule has 2 aliphatic heterocycles. The highest BCUT2D eigenvalue weighted by atomic mass is 35.5. The molecule has 170 valence electrons. The maximum absolute atomic E-state index is 13.5. The summed E-state index contributed by atoms with van der Waals surface area (Å²) in [5.41, 5.74) is 10.4. The molecule has 5 rings (SSSR count). The lowest BCUT2D eigenvalue weighted by Gasteiger charge is -2.31. The summed E-state index contributed by atoms with van der Waals surface area (Å²) in [7, 11) is 1.95. The van der Waals surface area contributed by atoms with Gasteiger partial charge in [-0.2, -0.15) is 9.78 Å². The number of carbonyl (C=O) groups is 1. The van der Waals surface area contributed by atoms with Crippen LogP contribution in [0.2, 0.25) is 0 Å². The smallest absolute Gasteiger partial charge is 0.256 e. The van der Waals surface area contributed by atoms with Crippen molar-refractivity contribution >= 4 is 35.5 Å². The third-order valence-corrected chi connectivity index (χ3v) is 6.04. The normalized spacial score (nSPS) is 17.9. The fourth-order valence-corrected chi connectivity index (χ4v) is 4.40. The van der Waals surface area contributed by atoms with Crippen LogP contribution in [0.4, 0.5) is 5.69 Å². The molecule has 1 aromatic heterocycles. The van der Waals surface area contributed by atoms with Crippen molar-refractivity contribution in [3.63, 3.8) is 0 Å². The molecule has 1 amide bonds. The summed E-state index contributed by atoms with van der Waals surface area (Å²) in [6.07, 6.45) is 5.31. The van der Waals surface area contributed by atoms with Crippen LogP contribution in [0.5, 0.6) is 0 Å². The van der Waals surface area contributed by atoms with E-state index in [-0.39, 0.29) is 24.4 Å². The first-order valence-corrected chi connectivity index (χ1v) is 10.9. The van der Waals surface area contributed by atoms with Crippen molar-refractivity contribution in [1.82, 2.24) is 14.7 Å². The van der Waals surface area contributed by atoms with Gasteiger partial charge in [-0.05, 0) is 25.0 Å². The predicted octanol–water partition coefficient (Wildman–Crippen LogP) is 3.62. The Labute approximate surface area is 199 Å². The van der Waals surface area contributed by atoms with Crippen molar-refractivity contribution in [2.75, 3.05) is 25.0 Å². The third kappa shape index (κ3) is 4.29. The quantitative estimate of drug-likeness (QED) is 0.630. The number of carbonyl (C=O) groups excluding carboxylic acids is 1. The molecule has 0 bridgehead atoms. The number of aliphatic imine (C=N–C) groups is 1. The Morgan fingerprint density at radius 1 is 1.06 bits per heavy atom. The van der Waals surface area contributed by atoms with Gasteiger partial charge in [-0.15, -0.1) is 12.4 Å². The van der Waals surface area contributed by atoms with Gasteiger partial charge in [0, 0.05) is 43.5 Å². The molecule has 2 aliphatic rings. The summed E-state index contributed by atoms with van der Waals surface area (Å²) in [5, 5.41) is 4.55. The molecule has 1 saturated heterocycles. The van der Waals surface area contributed by atoms with E-state index in [0.29, 0.717) is 18.1 Å². The zero-order valence-electron chi connectivity index (χ0n) is 18.5. The lowest BCUT2D eigenvalue weighted by molar-refractivity contribution is -0.126. The topological polar surface area (TPSA) is 79.8 Å². The Morgan fingerprint density at radius 2 is 1.82 bits per heavy atom. The average molecular weight is 463 g/mol. The summed E-state index contributed by atoms with van der Waals surface area (Å²) in [4.78, 5) is 22.1. The zero-order valence-corrected chi connectivity index (χ0v) is 19.3. The molecular formula is C25H27ClN6O. The minimum Gasteiger partial charge on any atom is -0.337 e. The van der Waals surface area contributed by atoms with Crippen molar-refractivity contribution < 1.29 is 4.79 Å². The first-order chi connectivity index (χ1) is 15.6.